The van der Waals surface area contributed by atoms with Crippen molar-refractivity contribution in [2.45, 2.75) is 38.6 Å². The van der Waals surface area contributed by atoms with Gasteiger partial charge < -0.3 is 15.1 Å². The van der Waals surface area contributed by atoms with Crippen molar-refractivity contribution in [3.63, 3.8) is 0 Å². The molecule has 1 aromatic heterocycles. The van der Waals surface area contributed by atoms with E-state index in [-0.39, 0.29) is 11.9 Å². The van der Waals surface area contributed by atoms with E-state index in [9.17, 15) is 4.79 Å². The van der Waals surface area contributed by atoms with Crippen molar-refractivity contribution >= 4 is 23.1 Å². The molecule has 0 aromatic carbocycles. The number of nitrogens with zero attached hydrogens (tertiary/aromatic N) is 1. The summed E-state index contributed by atoms with van der Waals surface area (Å²) in [4.78, 5) is 14.6. The fourth-order valence-electron chi connectivity index (χ4n) is 2.47. The average molecular weight is 266 g/mol. The zero-order valence-corrected chi connectivity index (χ0v) is 11.3. The van der Waals surface area contributed by atoms with Gasteiger partial charge in [0.15, 0.2) is 5.76 Å². The van der Waals surface area contributed by atoms with Crippen LogP contribution in [0.5, 0.6) is 0 Å². The summed E-state index contributed by atoms with van der Waals surface area (Å²) in [6, 6.07) is 2.03. The molecule has 0 bridgehead atoms. The van der Waals surface area contributed by atoms with Gasteiger partial charge in [-0.25, -0.2) is 0 Å². The maximum absolute atomic E-state index is 12.5. The lowest BCUT2D eigenvalue weighted by atomic mass is 10.1. The number of hydrogen-bond acceptors (Lipinski definition) is 3. The lowest BCUT2D eigenvalue weighted by Gasteiger charge is -2.27. The molecule has 1 saturated carbocycles. The third kappa shape index (κ3) is 2.72. The predicted molar refractivity (Wildman–Crippen MR) is 73.5 cm³/mol. The number of carbonyl (C=O) groups excluding carboxylic acids is 1. The Kier molecular flexibility index (Phi) is 4.01. The molecule has 98 valence electrons. The number of carbonyl (C=O) groups is 1. The number of amides is 1. The van der Waals surface area contributed by atoms with Crippen molar-refractivity contribution in [3.05, 3.63) is 23.7 Å². The molecule has 5 heteroatoms. The summed E-state index contributed by atoms with van der Waals surface area (Å²) in [5.74, 6) is 0.301. The Bertz CT molecular complexity index is 450. The summed E-state index contributed by atoms with van der Waals surface area (Å²) in [6.07, 6.45) is 5.89. The molecule has 0 unspecified atom stereocenters. The zero-order chi connectivity index (χ0) is 13.1. The summed E-state index contributed by atoms with van der Waals surface area (Å²) < 4.78 is 5.27. The van der Waals surface area contributed by atoms with Gasteiger partial charge >= 0.3 is 0 Å². The quantitative estimate of drug-likeness (QED) is 0.849. The Morgan fingerprint density at radius 3 is 2.72 bits per heavy atom. The normalized spacial score (nSPS) is 15.8. The zero-order valence-electron chi connectivity index (χ0n) is 10.5. The Morgan fingerprint density at radius 1 is 1.56 bits per heavy atom. The van der Waals surface area contributed by atoms with Crippen LogP contribution in [0.4, 0.5) is 0 Å². The monoisotopic (exact) mass is 266 g/mol. The second-order valence-corrected chi connectivity index (χ2v) is 5.29. The van der Waals surface area contributed by atoms with E-state index >= 15 is 0 Å². The van der Waals surface area contributed by atoms with Crippen molar-refractivity contribution in [2.24, 2.45) is 5.73 Å². The van der Waals surface area contributed by atoms with E-state index in [4.69, 9.17) is 22.4 Å². The van der Waals surface area contributed by atoms with E-state index in [2.05, 4.69) is 0 Å². The highest BCUT2D eigenvalue weighted by Gasteiger charge is 2.29. The van der Waals surface area contributed by atoms with Gasteiger partial charge in [0.1, 0.15) is 0 Å². The number of aryl methyl sites for hydroxylation is 1. The smallest absolute Gasteiger partial charge is 0.290 e. The van der Waals surface area contributed by atoms with Crippen LogP contribution in [0.25, 0.3) is 0 Å². The maximum atomic E-state index is 12.5. The molecular formula is C13H18N2O2S. The van der Waals surface area contributed by atoms with Gasteiger partial charge in [0.25, 0.3) is 5.91 Å². The van der Waals surface area contributed by atoms with Crippen LogP contribution in [0, 0.1) is 6.92 Å². The number of hydrogen-bond donors (Lipinski definition) is 1. The minimum Gasteiger partial charge on any atom is -0.459 e. The minimum atomic E-state index is -0.0998. The Labute approximate surface area is 112 Å². The molecule has 2 rings (SSSR count). The van der Waals surface area contributed by atoms with E-state index < -0.39 is 0 Å². The molecule has 0 aliphatic heterocycles. The largest absolute Gasteiger partial charge is 0.459 e. The molecule has 1 amide bonds. The van der Waals surface area contributed by atoms with Gasteiger partial charge in [-0.05, 0) is 25.8 Å². The Hall–Kier alpha value is -1.36. The van der Waals surface area contributed by atoms with E-state index in [1.807, 2.05) is 6.92 Å². The summed E-state index contributed by atoms with van der Waals surface area (Å²) >= 11 is 4.94. The second kappa shape index (κ2) is 5.52. The number of thiocarbonyl (C=S) groups is 1. The topological polar surface area (TPSA) is 59.5 Å². The molecule has 1 aliphatic rings. The molecule has 0 saturated heterocycles. The molecule has 4 nitrogen and oxygen atoms in total. The SMILES string of the molecule is Cc1ccoc1C(=O)N(CC(N)=S)C1CCCC1. The van der Waals surface area contributed by atoms with Gasteiger partial charge in [-0.15, -0.1) is 0 Å². The van der Waals surface area contributed by atoms with Crippen molar-refractivity contribution in [1.29, 1.82) is 0 Å². The second-order valence-electron chi connectivity index (χ2n) is 4.77. The molecule has 0 spiro atoms. The van der Waals surface area contributed by atoms with Crippen LogP contribution < -0.4 is 5.73 Å². The summed E-state index contributed by atoms with van der Waals surface area (Å²) in [6.45, 7) is 2.20. The van der Waals surface area contributed by atoms with E-state index in [1.165, 1.54) is 6.26 Å². The number of rotatable bonds is 4. The minimum absolute atomic E-state index is 0.0998. The van der Waals surface area contributed by atoms with E-state index in [0.29, 0.717) is 17.3 Å². The number of nitrogens with two attached hydrogens (primary N) is 1. The van der Waals surface area contributed by atoms with Gasteiger partial charge in [0, 0.05) is 11.6 Å². The first-order valence-corrected chi connectivity index (χ1v) is 6.64. The van der Waals surface area contributed by atoms with E-state index in [1.54, 1.807) is 11.0 Å². The fraction of sp³-hybridized carbons (Fsp3) is 0.538. The fourth-order valence-corrected chi connectivity index (χ4v) is 2.61. The molecule has 1 heterocycles. The first-order valence-electron chi connectivity index (χ1n) is 6.23. The van der Waals surface area contributed by atoms with Crippen LogP contribution in [0.3, 0.4) is 0 Å². The van der Waals surface area contributed by atoms with Crippen LogP contribution in [0.1, 0.15) is 41.8 Å². The van der Waals surface area contributed by atoms with Crippen LogP contribution in [-0.4, -0.2) is 28.4 Å². The van der Waals surface area contributed by atoms with Gasteiger partial charge in [-0.3, -0.25) is 4.79 Å². The first kappa shape index (κ1) is 13.1. The summed E-state index contributed by atoms with van der Waals surface area (Å²) in [5, 5.41) is 0. The highest BCUT2D eigenvalue weighted by molar-refractivity contribution is 7.80. The molecule has 1 aliphatic carbocycles. The van der Waals surface area contributed by atoms with Crippen molar-refractivity contribution in [3.8, 4) is 0 Å². The molecule has 1 aromatic rings. The third-order valence-electron chi connectivity index (χ3n) is 3.41. The third-order valence-corrected chi connectivity index (χ3v) is 3.54. The molecule has 0 atom stereocenters. The van der Waals surface area contributed by atoms with Crippen LogP contribution in [0.15, 0.2) is 16.7 Å². The van der Waals surface area contributed by atoms with Gasteiger partial charge in [-0.1, -0.05) is 25.1 Å². The Balaban J connectivity index is 2.20. The van der Waals surface area contributed by atoms with Crippen LogP contribution in [0.2, 0.25) is 0 Å². The molecular weight excluding hydrogens is 248 g/mol. The Morgan fingerprint density at radius 2 is 2.22 bits per heavy atom. The van der Waals surface area contributed by atoms with Gasteiger partial charge in [0.05, 0.1) is 17.8 Å². The molecule has 18 heavy (non-hydrogen) atoms. The molecule has 1 fully saturated rings. The van der Waals surface area contributed by atoms with Crippen molar-refractivity contribution in [2.75, 3.05) is 6.54 Å². The lowest BCUT2D eigenvalue weighted by Crippen LogP contribution is -2.43. The van der Waals surface area contributed by atoms with Crippen LogP contribution >= 0.6 is 12.2 Å². The standard InChI is InChI=1S/C13H18N2O2S/c1-9-6-7-17-12(9)13(16)15(8-11(14)18)10-4-2-3-5-10/h6-7,10H,2-5,8H2,1H3,(H2,14,18). The predicted octanol–water partition coefficient (Wildman–Crippen LogP) is 2.26. The van der Waals surface area contributed by atoms with Gasteiger partial charge in [-0.2, -0.15) is 0 Å². The van der Waals surface area contributed by atoms with Gasteiger partial charge in [0.2, 0.25) is 0 Å². The summed E-state index contributed by atoms with van der Waals surface area (Å²) in [5.41, 5.74) is 6.45. The van der Waals surface area contributed by atoms with E-state index in [0.717, 1.165) is 31.2 Å². The maximum Gasteiger partial charge on any atom is 0.290 e. The highest BCUT2D eigenvalue weighted by atomic mass is 32.1. The van der Waals surface area contributed by atoms with Crippen molar-refractivity contribution in [1.82, 2.24) is 4.90 Å². The first-order chi connectivity index (χ1) is 8.59. The van der Waals surface area contributed by atoms with Crippen molar-refractivity contribution < 1.29 is 9.21 Å². The average Bonchev–Trinajstić information content (AvgIpc) is 2.95. The molecule has 2 N–H and O–H groups in total. The van der Waals surface area contributed by atoms with Crippen LogP contribution in [-0.2, 0) is 0 Å². The lowest BCUT2D eigenvalue weighted by molar-refractivity contribution is 0.0681. The summed E-state index contributed by atoms with van der Waals surface area (Å²) in [7, 11) is 0. The molecule has 0 radical (unpaired) electrons. The number of furan rings is 1. The highest BCUT2D eigenvalue weighted by Crippen LogP contribution is 2.25.